The average Bonchev–Trinajstić information content (AvgIpc) is 2.78. The van der Waals surface area contributed by atoms with Crippen LogP contribution in [-0.4, -0.2) is 52.9 Å². The first-order chi connectivity index (χ1) is 7.72. The Morgan fingerprint density at radius 3 is 2.53 bits per heavy atom. The quantitative estimate of drug-likeness (QED) is 0.825. The van der Waals surface area contributed by atoms with E-state index < -0.39 is 5.97 Å². The third-order valence-electron chi connectivity index (χ3n) is 2.16. The van der Waals surface area contributed by atoms with Crippen LogP contribution in [0, 0.1) is 0 Å². The number of nitrogens with zero attached hydrogens (tertiary/aromatic N) is 1. The van der Waals surface area contributed by atoms with Crippen molar-refractivity contribution in [3.63, 3.8) is 0 Å². The number of benzene rings is 1. The van der Waals surface area contributed by atoms with Crippen LogP contribution in [0.3, 0.4) is 0 Å². The van der Waals surface area contributed by atoms with Gasteiger partial charge in [-0.2, -0.15) is 0 Å². The number of rotatable bonds is 3. The van der Waals surface area contributed by atoms with E-state index >= 15 is 0 Å². The van der Waals surface area contributed by atoms with Crippen LogP contribution < -0.4 is 4.74 Å². The van der Waals surface area contributed by atoms with E-state index in [1.165, 1.54) is 0 Å². The van der Waals surface area contributed by atoms with Crippen LogP contribution in [-0.2, 0) is 0 Å². The second-order valence-electron chi connectivity index (χ2n) is 3.11. The number of aromatic nitrogens is 1. The fraction of sp³-hybridized carbons (Fsp3) is 0.0909. The molecule has 2 aromatic rings. The zero-order valence-corrected chi connectivity index (χ0v) is 8.51. The molecule has 0 aliphatic rings. The van der Waals surface area contributed by atoms with Gasteiger partial charge in [0, 0.05) is 5.56 Å². The maximum atomic E-state index is 10.9. The molecule has 0 bridgehead atoms. The molecule has 0 spiro atoms. The minimum atomic E-state index is -1.06. The van der Waals surface area contributed by atoms with Crippen LogP contribution in [0.25, 0.3) is 11.3 Å². The molecule has 2 rings (SSSR count). The Morgan fingerprint density at radius 1 is 1.35 bits per heavy atom. The van der Waals surface area contributed by atoms with Crippen LogP contribution in [0.2, 0.25) is 0 Å². The van der Waals surface area contributed by atoms with Gasteiger partial charge in [0.25, 0.3) is 0 Å². The van der Waals surface area contributed by atoms with E-state index in [0.29, 0.717) is 17.0 Å². The Balaban J connectivity index is 0.00000144. The van der Waals surface area contributed by atoms with E-state index in [4.69, 9.17) is 9.84 Å². The summed E-state index contributed by atoms with van der Waals surface area (Å²) >= 11 is 0. The monoisotopic (exact) mass is 243 g/mol. The number of carboxylic acids is 1. The average molecular weight is 243 g/mol. The van der Waals surface area contributed by atoms with Crippen molar-refractivity contribution in [2.45, 2.75) is 0 Å². The summed E-state index contributed by atoms with van der Waals surface area (Å²) < 4.78 is 9.66. The molecule has 0 aliphatic carbocycles. The first-order valence-electron chi connectivity index (χ1n) is 4.54. The summed E-state index contributed by atoms with van der Waals surface area (Å²) in [5.74, 6) is -0.365. The summed E-state index contributed by atoms with van der Waals surface area (Å²) in [5, 5.41) is 12.6. The minimum absolute atomic E-state index is 0. The van der Waals surface area contributed by atoms with Gasteiger partial charge in [-0.25, -0.2) is 4.79 Å². The van der Waals surface area contributed by atoms with Crippen molar-refractivity contribution in [2.75, 3.05) is 7.11 Å². The summed E-state index contributed by atoms with van der Waals surface area (Å²) in [6, 6.07) is 6.91. The van der Waals surface area contributed by atoms with Crippen LogP contribution in [0.4, 0.5) is 0 Å². The normalized spacial score (nSPS) is 9.47. The van der Waals surface area contributed by atoms with Crippen molar-refractivity contribution in [3.8, 4) is 17.0 Å². The molecule has 0 amide bonds. The zero-order valence-electron chi connectivity index (χ0n) is 8.51. The molecule has 0 saturated heterocycles. The van der Waals surface area contributed by atoms with Gasteiger partial charge in [-0.1, -0.05) is 5.16 Å². The predicted octanol–water partition coefficient (Wildman–Crippen LogP) is 1.40. The molecule has 6 heteroatoms. The van der Waals surface area contributed by atoms with E-state index in [2.05, 4.69) is 9.68 Å². The fourth-order valence-electron chi connectivity index (χ4n) is 1.35. The second-order valence-corrected chi connectivity index (χ2v) is 3.11. The van der Waals surface area contributed by atoms with Gasteiger partial charge in [0.15, 0.2) is 0 Å². The molecule has 0 unspecified atom stereocenters. The van der Waals surface area contributed by atoms with Gasteiger partial charge in [0.2, 0.25) is 0 Å². The number of hydrogen-bond donors (Lipinski definition) is 1. The van der Waals surface area contributed by atoms with E-state index in [1.54, 1.807) is 31.4 Å². The van der Waals surface area contributed by atoms with Gasteiger partial charge in [-0.15, -0.1) is 0 Å². The number of hydrogen-bond acceptors (Lipinski definition) is 4. The molecular weight excluding hydrogens is 233 g/mol. The first kappa shape index (κ1) is 13.8. The topological polar surface area (TPSA) is 72.6 Å². The third-order valence-corrected chi connectivity index (χ3v) is 2.16. The molecular formula is C11H10NNaO4. The SMILES string of the molecule is COc1ccc(-c2nocc2C(=O)O)cc1.[NaH]. The zero-order chi connectivity index (χ0) is 11.5. The Kier molecular flexibility index (Phi) is 4.74. The molecule has 17 heavy (non-hydrogen) atoms. The van der Waals surface area contributed by atoms with Gasteiger partial charge in [0.1, 0.15) is 23.3 Å². The molecule has 5 nitrogen and oxygen atoms in total. The molecule has 0 saturated carbocycles. The predicted molar refractivity (Wildman–Crippen MR) is 62.6 cm³/mol. The summed E-state index contributed by atoms with van der Waals surface area (Å²) in [7, 11) is 1.56. The fourth-order valence-corrected chi connectivity index (χ4v) is 1.35. The summed E-state index contributed by atoms with van der Waals surface area (Å²) in [6.45, 7) is 0. The van der Waals surface area contributed by atoms with Crippen molar-refractivity contribution in [1.29, 1.82) is 0 Å². The molecule has 1 aromatic heterocycles. The summed E-state index contributed by atoms with van der Waals surface area (Å²) in [5.41, 5.74) is 1.03. The molecule has 84 valence electrons. The Bertz CT molecular complexity index is 506. The maximum absolute atomic E-state index is 10.9. The van der Waals surface area contributed by atoms with Gasteiger partial charge < -0.3 is 14.4 Å². The number of carboxylic acid groups (broad SMARTS) is 1. The van der Waals surface area contributed by atoms with Crippen LogP contribution >= 0.6 is 0 Å². The second kappa shape index (κ2) is 5.86. The van der Waals surface area contributed by atoms with E-state index in [0.717, 1.165) is 6.26 Å². The number of aromatic carboxylic acids is 1. The van der Waals surface area contributed by atoms with Crippen molar-refractivity contribution in [2.24, 2.45) is 0 Å². The van der Waals surface area contributed by atoms with Crippen molar-refractivity contribution in [3.05, 3.63) is 36.1 Å². The van der Waals surface area contributed by atoms with Gasteiger partial charge in [-0.05, 0) is 24.3 Å². The van der Waals surface area contributed by atoms with Crippen molar-refractivity contribution in [1.82, 2.24) is 5.16 Å². The molecule has 0 radical (unpaired) electrons. The van der Waals surface area contributed by atoms with Crippen LogP contribution in [0.15, 0.2) is 35.1 Å². The van der Waals surface area contributed by atoms with Gasteiger partial charge in [-0.3, -0.25) is 0 Å². The Labute approximate surface area is 120 Å². The number of methoxy groups -OCH3 is 1. The van der Waals surface area contributed by atoms with Gasteiger partial charge >= 0.3 is 35.5 Å². The molecule has 1 N–H and O–H groups in total. The molecule has 1 heterocycles. The molecule has 0 aliphatic heterocycles. The van der Waals surface area contributed by atoms with Crippen molar-refractivity contribution < 1.29 is 19.2 Å². The Hall–Kier alpha value is -1.30. The van der Waals surface area contributed by atoms with E-state index in [9.17, 15) is 4.79 Å². The van der Waals surface area contributed by atoms with E-state index in [1.807, 2.05) is 0 Å². The van der Waals surface area contributed by atoms with Gasteiger partial charge in [0.05, 0.1) is 7.11 Å². The van der Waals surface area contributed by atoms with Crippen LogP contribution in [0.1, 0.15) is 10.4 Å². The standard InChI is InChI=1S/C11H9NO4.Na.H/c1-15-8-4-2-7(3-5-8)10-9(11(13)14)6-16-12-10;;/h2-6H,1H3,(H,13,14);;. The number of carbonyl (C=O) groups is 1. The third kappa shape index (κ3) is 2.88. The van der Waals surface area contributed by atoms with Crippen LogP contribution in [0.5, 0.6) is 5.75 Å². The Morgan fingerprint density at radius 2 is 2.00 bits per heavy atom. The molecule has 1 aromatic carbocycles. The van der Waals surface area contributed by atoms with Crippen molar-refractivity contribution >= 4 is 35.5 Å². The summed E-state index contributed by atoms with van der Waals surface area (Å²) in [6.07, 6.45) is 1.11. The molecule has 0 atom stereocenters. The van der Waals surface area contributed by atoms with E-state index in [-0.39, 0.29) is 35.1 Å². The summed E-state index contributed by atoms with van der Waals surface area (Å²) in [4.78, 5) is 10.9. The number of ether oxygens (including phenoxy) is 1. The molecule has 0 fully saturated rings. The first-order valence-corrected chi connectivity index (χ1v) is 4.54.